The van der Waals surface area contributed by atoms with Gasteiger partial charge in [0.1, 0.15) is 5.75 Å². The Hall–Kier alpha value is -1.63. The van der Waals surface area contributed by atoms with E-state index in [0.29, 0.717) is 24.3 Å². The maximum Gasteiger partial charge on any atom is 0.241 e. The number of hydrogen-bond acceptors (Lipinski definition) is 4. The average molecular weight is 321 g/mol. The van der Waals surface area contributed by atoms with Gasteiger partial charge in [0.2, 0.25) is 10.0 Å². The van der Waals surface area contributed by atoms with Crippen LogP contribution in [0.1, 0.15) is 12.8 Å². The van der Waals surface area contributed by atoms with Gasteiger partial charge in [0.15, 0.2) is 0 Å². The predicted octanol–water partition coefficient (Wildman–Crippen LogP) is 2.31. The molecule has 0 amide bonds. The van der Waals surface area contributed by atoms with Gasteiger partial charge < -0.3 is 9.47 Å². The van der Waals surface area contributed by atoms with Crippen LogP contribution in [-0.4, -0.2) is 34.8 Å². The van der Waals surface area contributed by atoms with Crippen LogP contribution >= 0.6 is 0 Å². The van der Waals surface area contributed by atoms with Crippen molar-refractivity contribution in [3.05, 3.63) is 36.4 Å². The molecule has 1 fully saturated rings. The van der Waals surface area contributed by atoms with E-state index in [4.69, 9.17) is 9.47 Å². The Morgan fingerprint density at radius 1 is 1.23 bits per heavy atom. The Labute approximate surface area is 130 Å². The van der Waals surface area contributed by atoms with Crippen LogP contribution < -0.4 is 9.46 Å². The van der Waals surface area contributed by atoms with Crippen molar-refractivity contribution in [2.24, 2.45) is 0 Å². The molecular formula is C16H19NO4S. The molecule has 1 heterocycles. The molecule has 0 spiro atoms. The van der Waals surface area contributed by atoms with E-state index in [1.54, 1.807) is 25.3 Å². The van der Waals surface area contributed by atoms with Crippen LogP contribution in [0.25, 0.3) is 10.8 Å². The predicted molar refractivity (Wildman–Crippen MR) is 84.7 cm³/mol. The van der Waals surface area contributed by atoms with Gasteiger partial charge in [-0.25, -0.2) is 13.1 Å². The second-order valence-electron chi connectivity index (χ2n) is 5.30. The Morgan fingerprint density at radius 2 is 2.00 bits per heavy atom. The first-order chi connectivity index (χ1) is 10.6. The summed E-state index contributed by atoms with van der Waals surface area (Å²) >= 11 is 0. The van der Waals surface area contributed by atoms with Gasteiger partial charge >= 0.3 is 0 Å². The van der Waals surface area contributed by atoms with E-state index >= 15 is 0 Å². The molecule has 1 aliphatic rings. The van der Waals surface area contributed by atoms with Crippen molar-refractivity contribution in [2.75, 3.05) is 20.3 Å². The first-order valence-corrected chi connectivity index (χ1v) is 8.77. The summed E-state index contributed by atoms with van der Waals surface area (Å²) < 4.78 is 38.6. The monoisotopic (exact) mass is 321 g/mol. The summed E-state index contributed by atoms with van der Waals surface area (Å²) in [7, 11) is -2.01. The SMILES string of the molecule is COc1ccc(S(=O)(=O)NCC2CCCO2)c2ccccc12. The molecule has 0 saturated carbocycles. The van der Waals surface area contributed by atoms with E-state index in [1.165, 1.54) is 0 Å². The van der Waals surface area contributed by atoms with Crippen molar-refractivity contribution in [3.63, 3.8) is 0 Å². The quantitative estimate of drug-likeness (QED) is 0.918. The second kappa shape index (κ2) is 6.24. The Kier molecular flexibility index (Phi) is 4.33. The molecule has 2 aromatic carbocycles. The van der Waals surface area contributed by atoms with E-state index in [2.05, 4.69) is 4.72 Å². The van der Waals surface area contributed by atoms with Crippen molar-refractivity contribution in [3.8, 4) is 5.75 Å². The van der Waals surface area contributed by atoms with Gasteiger partial charge in [-0.3, -0.25) is 0 Å². The summed E-state index contributed by atoms with van der Waals surface area (Å²) in [5.74, 6) is 0.661. The largest absolute Gasteiger partial charge is 0.496 e. The summed E-state index contributed by atoms with van der Waals surface area (Å²) in [6.45, 7) is 1.01. The zero-order chi connectivity index (χ0) is 15.6. The van der Waals surface area contributed by atoms with Gasteiger partial charge in [-0.2, -0.15) is 0 Å². The van der Waals surface area contributed by atoms with Crippen LogP contribution in [0.2, 0.25) is 0 Å². The summed E-state index contributed by atoms with van der Waals surface area (Å²) in [4.78, 5) is 0.266. The molecule has 3 rings (SSSR count). The molecule has 5 nitrogen and oxygen atoms in total. The Bertz CT molecular complexity index is 767. The number of sulfonamides is 1. The minimum atomic E-state index is -3.58. The molecule has 0 bridgehead atoms. The topological polar surface area (TPSA) is 64.6 Å². The average Bonchev–Trinajstić information content (AvgIpc) is 3.05. The Morgan fingerprint density at radius 3 is 2.68 bits per heavy atom. The Balaban J connectivity index is 1.94. The van der Waals surface area contributed by atoms with Crippen LogP contribution in [0.15, 0.2) is 41.3 Å². The molecule has 1 atom stereocenters. The fraction of sp³-hybridized carbons (Fsp3) is 0.375. The number of rotatable bonds is 5. The third-order valence-electron chi connectivity index (χ3n) is 3.88. The van der Waals surface area contributed by atoms with Crippen LogP contribution in [0.3, 0.4) is 0 Å². The number of hydrogen-bond donors (Lipinski definition) is 1. The highest BCUT2D eigenvalue weighted by Gasteiger charge is 2.22. The van der Waals surface area contributed by atoms with Crippen molar-refractivity contribution in [1.82, 2.24) is 4.72 Å². The summed E-state index contributed by atoms with van der Waals surface area (Å²) in [6, 6.07) is 10.6. The van der Waals surface area contributed by atoms with E-state index in [9.17, 15) is 8.42 Å². The lowest BCUT2D eigenvalue weighted by atomic mass is 10.1. The van der Waals surface area contributed by atoms with Crippen LogP contribution in [0, 0.1) is 0 Å². The molecule has 2 aromatic rings. The van der Waals surface area contributed by atoms with Gasteiger partial charge in [-0.15, -0.1) is 0 Å². The molecule has 118 valence electrons. The summed E-state index contributed by atoms with van der Waals surface area (Å²) in [6.07, 6.45) is 1.85. The molecule has 0 aromatic heterocycles. The standard InChI is InChI=1S/C16H19NO4S/c1-20-15-8-9-16(14-7-3-2-6-13(14)15)22(18,19)17-11-12-5-4-10-21-12/h2-3,6-9,12,17H,4-5,10-11H2,1H3. The van der Waals surface area contributed by atoms with Gasteiger partial charge in [0.05, 0.1) is 18.1 Å². The molecule has 0 aliphatic carbocycles. The van der Waals surface area contributed by atoms with Crippen molar-refractivity contribution in [1.29, 1.82) is 0 Å². The second-order valence-corrected chi connectivity index (χ2v) is 7.03. The number of ether oxygens (including phenoxy) is 2. The fourth-order valence-electron chi connectivity index (χ4n) is 2.74. The maximum absolute atomic E-state index is 12.6. The van der Waals surface area contributed by atoms with Crippen LogP contribution in [0.4, 0.5) is 0 Å². The molecule has 6 heteroatoms. The molecule has 22 heavy (non-hydrogen) atoms. The lowest BCUT2D eigenvalue weighted by Gasteiger charge is -2.14. The highest BCUT2D eigenvalue weighted by molar-refractivity contribution is 7.89. The zero-order valence-corrected chi connectivity index (χ0v) is 13.2. The number of benzene rings is 2. The van der Waals surface area contributed by atoms with Gasteiger partial charge in [0.25, 0.3) is 0 Å². The smallest absolute Gasteiger partial charge is 0.241 e. The summed E-state index contributed by atoms with van der Waals surface area (Å²) in [5, 5.41) is 1.44. The first kappa shape index (κ1) is 15.3. The van der Waals surface area contributed by atoms with E-state index < -0.39 is 10.0 Å². The van der Waals surface area contributed by atoms with Gasteiger partial charge in [0, 0.05) is 23.9 Å². The fourth-order valence-corrected chi connectivity index (χ4v) is 4.02. The third-order valence-corrected chi connectivity index (χ3v) is 5.36. The molecule has 0 radical (unpaired) electrons. The highest BCUT2D eigenvalue weighted by atomic mass is 32.2. The van der Waals surface area contributed by atoms with E-state index in [-0.39, 0.29) is 11.0 Å². The number of methoxy groups -OCH3 is 1. The van der Waals surface area contributed by atoms with Crippen LogP contribution in [0.5, 0.6) is 5.75 Å². The first-order valence-electron chi connectivity index (χ1n) is 7.29. The molecule has 1 aliphatic heterocycles. The van der Waals surface area contributed by atoms with E-state index in [0.717, 1.165) is 18.2 Å². The molecule has 1 unspecified atom stereocenters. The number of nitrogens with one attached hydrogen (secondary N) is 1. The van der Waals surface area contributed by atoms with E-state index in [1.807, 2.05) is 18.2 Å². The minimum Gasteiger partial charge on any atom is -0.496 e. The van der Waals surface area contributed by atoms with Gasteiger partial charge in [-0.05, 0) is 25.0 Å². The van der Waals surface area contributed by atoms with Crippen molar-refractivity contribution >= 4 is 20.8 Å². The third kappa shape index (κ3) is 2.95. The van der Waals surface area contributed by atoms with Gasteiger partial charge in [-0.1, -0.05) is 24.3 Å². The lowest BCUT2D eigenvalue weighted by molar-refractivity contribution is 0.114. The normalized spacial score (nSPS) is 18.7. The van der Waals surface area contributed by atoms with Crippen molar-refractivity contribution < 1.29 is 17.9 Å². The molecule has 1 N–H and O–H groups in total. The minimum absolute atomic E-state index is 0.0284. The highest BCUT2D eigenvalue weighted by Crippen LogP contribution is 2.30. The number of fused-ring (bicyclic) bond motifs is 1. The maximum atomic E-state index is 12.6. The molecule has 1 saturated heterocycles. The summed E-state index contributed by atoms with van der Waals surface area (Å²) in [5.41, 5.74) is 0. The molecular weight excluding hydrogens is 302 g/mol. The van der Waals surface area contributed by atoms with Crippen LogP contribution in [-0.2, 0) is 14.8 Å². The lowest BCUT2D eigenvalue weighted by Crippen LogP contribution is -2.31. The zero-order valence-electron chi connectivity index (χ0n) is 12.4. The van der Waals surface area contributed by atoms with Crippen molar-refractivity contribution in [2.45, 2.75) is 23.8 Å².